The maximum atomic E-state index is 11.6. The average molecular weight is 268 g/mol. The van der Waals surface area contributed by atoms with Gasteiger partial charge in [0.25, 0.3) is 0 Å². The van der Waals surface area contributed by atoms with Crippen molar-refractivity contribution in [1.82, 2.24) is 0 Å². The first-order valence-corrected chi connectivity index (χ1v) is 6.84. The van der Waals surface area contributed by atoms with Gasteiger partial charge in [0.1, 0.15) is 0 Å². The molecule has 5 nitrogen and oxygen atoms in total. The van der Waals surface area contributed by atoms with Crippen LogP contribution < -0.4 is 10.5 Å². The van der Waals surface area contributed by atoms with E-state index < -0.39 is 10.0 Å². The van der Waals surface area contributed by atoms with Crippen LogP contribution in [0.5, 0.6) is 0 Å². The van der Waals surface area contributed by atoms with Gasteiger partial charge < -0.3 is 5.32 Å². The minimum absolute atomic E-state index is 0.0116. The summed E-state index contributed by atoms with van der Waals surface area (Å²) in [4.78, 5) is 11.6. The number of allylic oxidation sites excluding steroid dienone is 1. The van der Waals surface area contributed by atoms with E-state index >= 15 is 0 Å². The molecule has 0 spiro atoms. The van der Waals surface area contributed by atoms with Crippen LogP contribution in [-0.2, 0) is 14.8 Å². The molecule has 6 heteroatoms. The van der Waals surface area contributed by atoms with Gasteiger partial charge in [0.2, 0.25) is 15.9 Å². The summed E-state index contributed by atoms with van der Waals surface area (Å²) in [7, 11) is -3.78. The highest BCUT2D eigenvalue weighted by atomic mass is 32.2. The normalized spacial score (nSPS) is 10.9. The number of sulfonamides is 1. The van der Waals surface area contributed by atoms with Crippen LogP contribution in [0.3, 0.4) is 0 Å². The van der Waals surface area contributed by atoms with Crippen LogP contribution in [0.2, 0.25) is 0 Å². The highest BCUT2D eigenvalue weighted by molar-refractivity contribution is 7.89. The summed E-state index contributed by atoms with van der Waals surface area (Å²) in [6.45, 7) is 5.19. The molecular weight excluding hydrogens is 252 g/mol. The Bertz CT molecular complexity index is 600. The molecule has 0 aliphatic heterocycles. The third-order valence-corrected chi connectivity index (χ3v) is 3.32. The molecule has 18 heavy (non-hydrogen) atoms. The highest BCUT2D eigenvalue weighted by Crippen LogP contribution is 2.21. The number of benzene rings is 1. The van der Waals surface area contributed by atoms with Crippen LogP contribution in [0, 0.1) is 6.92 Å². The third kappa shape index (κ3) is 3.68. The Morgan fingerprint density at radius 3 is 2.44 bits per heavy atom. The average Bonchev–Trinajstić information content (AvgIpc) is 2.18. The van der Waals surface area contributed by atoms with Crippen LogP contribution >= 0.6 is 0 Å². The number of nitrogens with two attached hydrogens (primary N) is 1. The number of rotatable bonds is 3. The van der Waals surface area contributed by atoms with Gasteiger partial charge in [-0.3, -0.25) is 4.79 Å². The molecule has 0 aliphatic carbocycles. The second-order valence-electron chi connectivity index (χ2n) is 4.18. The summed E-state index contributed by atoms with van der Waals surface area (Å²) in [6.07, 6.45) is 1.43. The maximum absolute atomic E-state index is 11.6. The second-order valence-corrected chi connectivity index (χ2v) is 5.71. The number of hydrogen-bond donors (Lipinski definition) is 2. The Morgan fingerprint density at radius 1 is 1.33 bits per heavy atom. The predicted octanol–water partition coefficient (Wildman–Crippen LogP) is 1.55. The number of primary sulfonamides is 1. The summed E-state index contributed by atoms with van der Waals surface area (Å²) in [5.74, 6) is -0.301. The largest absolute Gasteiger partial charge is 0.322 e. The number of nitrogens with one attached hydrogen (secondary N) is 1. The van der Waals surface area contributed by atoms with E-state index in [4.69, 9.17) is 5.14 Å². The van der Waals surface area contributed by atoms with E-state index in [1.165, 1.54) is 18.2 Å². The molecule has 0 atom stereocenters. The van der Waals surface area contributed by atoms with Gasteiger partial charge >= 0.3 is 0 Å². The van der Waals surface area contributed by atoms with Crippen LogP contribution in [0.15, 0.2) is 34.7 Å². The van der Waals surface area contributed by atoms with Gasteiger partial charge in [-0.25, -0.2) is 13.6 Å². The van der Waals surface area contributed by atoms with Crippen LogP contribution in [0.4, 0.5) is 5.69 Å². The predicted molar refractivity (Wildman–Crippen MR) is 70.6 cm³/mol. The molecule has 0 aliphatic rings. The lowest BCUT2D eigenvalue weighted by atomic mass is 10.2. The lowest BCUT2D eigenvalue weighted by molar-refractivity contribution is -0.112. The van der Waals surface area contributed by atoms with Gasteiger partial charge in [-0.1, -0.05) is 11.6 Å². The van der Waals surface area contributed by atoms with Crippen molar-refractivity contribution >= 4 is 21.6 Å². The molecule has 1 aromatic rings. The van der Waals surface area contributed by atoms with E-state index in [0.29, 0.717) is 11.3 Å². The fraction of sp³-hybridized carbons (Fsp3) is 0.250. The van der Waals surface area contributed by atoms with Crippen molar-refractivity contribution in [2.45, 2.75) is 25.7 Å². The Balaban J connectivity index is 3.14. The first kappa shape index (κ1) is 14.4. The Hall–Kier alpha value is -1.66. The molecule has 3 N–H and O–H groups in total. The lowest BCUT2D eigenvalue weighted by Crippen LogP contribution is -2.16. The van der Waals surface area contributed by atoms with E-state index in [0.717, 1.165) is 5.57 Å². The fourth-order valence-electron chi connectivity index (χ4n) is 1.49. The Morgan fingerprint density at radius 2 is 1.94 bits per heavy atom. The van der Waals surface area contributed by atoms with Gasteiger partial charge in [0.15, 0.2) is 0 Å². The molecule has 1 amide bonds. The number of carbonyl (C=O) groups excluding carboxylic acids is 1. The fourth-order valence-corrected chi connectivity index (χ4v) is 2.29. The molecule has 0 heterocycles. The van der Waals surface area contributed by atoms with Gasteiger partial charge in [-0.2, -0.15) is 0 Å². The summed E-state index contributed by atoms with van der Waals surface area (Å²) in [5, 5.41) is 7.70. The highest BCUT2D eigenvalue weighted by Gasteiger charge is 2.14. The standard InChI is InChI=1S/C12H16N2O3S/c1-8(2)7-12(15)14-10-5-4-6-11(9(10)3)18(13,16)17/h4-7H,1-3H3,(H,14,15)(H2,13,16,17). The molecule has 0 saturated heterocycles. The maximum Gasteiger partial charge on any atom is 0.248 e. The van der Waals surface area contributed by atoms with Crippen LogP contribution in [0.25, 0.3) is 0 Å². The number of amides is 1. The molecule has 1 rings (SSSR count). The molecule has 0 radical (unpaired) electrons. The topological polar surface area (TPSA) is 89.3 Å². The first-order chi connectivity index (χ1) is 8.21. The zero-order chi connectivity index (χ0) is 13.9. The Labute approximate surface area is 107 Å². The molecule has 0 aromatic heterocycles. The van der Waals surface area contributed by atoms with Crippen molar-refractivity contribution in [3.8, 4) is 0 Å². The summed E-state index contributed by atoms with van der Waals surface area (Å²) in [5.41, 5.74) is 1.72. The van der Waals surface area contributed by atoms with Crippen molar-refractivity contribution < 1.29 is 13.2 Å². The molecule has 0 bridgehead atoms. The van der Waals surface area contributed by atoms with E-state index in [1.54, 1.807) is 26.8 Å². The van der Waals surface area contributed by atoms with Crippen molar-refractivity contribution in [2.75, 3.05) is 5.32 Å². The quantitative estimate of drug-likeness (QED) is 0.815. The van der Waals surface area contributed by atoms with Gasteiger partial charge in [0.05, 0.1) is 4.90 Å². The number of carbonyl (C=O) groups is 1. The zero-order valence-electron chi connectivity index (χ0n) is 10.5. The van der Waals surface area contributed by atoms with E-state index in [1.807, 2.05) is 0 Å². The van der Waals surface area contributed by atoms with Crippen molar-refractivity contribution in [2.24, 2.45) is 5.14 Å². The van der Waals surface area contributed by atoms with Crippen molar-refractivity contribution in [1.29, 1.82) is 0 Å². The summed E-state index contributed by atoms with van der Waals surface area (Å²) >= 11 is 0. The molecule has 1 aromatic carbocycles. The minimum Gasteiger partial charge on any atom is -0.322 e. The first-order valence-electron chi connectivity index (χ1n) is 5.30. The summed E-state index contributed by atoms with van der Waals surface area (Å²) in [6, 6.07) is 4.56. The molecule has 0 saturated carbocycles. The second kappa shape index (κ2) is 5.32. The van der Waals surface area contributed by atoms with Gasteiger partial charge in [0, 0.05) is 11.8 Å². The van der Waals surface area contributed by atoms with Gasteiger partial charge in [-0.15, -0.1) is 0 Å². The van der Waals surface area contributed by atoms with Crippen molar-refractivity contribution in [3.05, 3.63) is 35.4 Å². The third-order valence-electron chi connectivity index (χ3n) is 2.27. The molecule has 98 valence electrons. The smallest absolute Gasteiger partial charge is 0.248 e. The Kier molecular flexibility index (Phi) is 4.26. The van der Waals surface area contributed by atoms with Crippen LogP contribution in [-0.4, -0.2) is 14.3 Å². The van der Waals surface area contributed by atoms with Gasteiger partial charge in [-0.05, 0) is 38.5 Å². The number of anilines is 1. The van der Waals surface area contributed by atoms with E-state index in [9.17, 15) is 13.2 Å². The van der Waals surface area contributed by atoms with Crippen LogP contribution in [0.1, 0.15) is 19.4 Å². The SMILES string of the molecule is CC(C)=CC(=O)Nc1cccc(S(N)(=O)=O)c1C. The monoisotopic (exact) mass is 268 g/mol. The lowest BCUT2D eigenvalue weighted by Gasteiger charge is -2.10. The minimum atomic E-state index is -3.78. The van der Waals surface area contributed by atoms with E-state index in [-0.39, 0.29) is 10.8 Å². The van der Waals surface area contributed by atoms with E-state index in [2.05, 4.69) is 5.32 Å². The molecular formula is C12H16N2O3S. The summed E-state index contributed by atoms with van der Waals surface area (Å²) < 4.78 is 22.6. The molecule has 0 unspecified atom stereocenters. The molecule has 0 fully saturated rings. The zero-order valence-corrected chi connectivity index (χ0v) is 11.3. The number of hydrogen-bond acceptors (Lipinski definition) is 3. The van der Waals surface area contributed by atoms with Crippen molar-refractivity contribution in [3.63, 3.8) is 0 Å².